The van der Waals surface area contributed by atoms with Gasteiger partial charge in [0.1, 0.15) is 17.3 Å². The highest BCUT2D eigenvalue weighted by Crippen LogP contribution is 2.25. The summed E-state index contributed by atoms with van der Waals surface area (Å²) in [7, 11) is 1.29. The summed E-state index contributed by atoms with van der Waals surface area (Å²) >= 11 is 0. The number of aryl methyl sites for hydroxylation is 1. The second-order valence-electron chi connectivity index (χ2n) is 8.09. The molecule has 0 aliphatic rings. The van der Waals surface area contributed by atoms with Gasteiger partial charge in [0.25, 0.3) is 5.56 Å². The highest BCUT2D eigenvalue weighted by molar-refractivity contribution is 5.87. The lowest BCUT2D eigenvalue weighted by molar-refractivity contribution is 0.0593. The summed E-state index contributed by atoms with van der Waals surface area (Å²) in [4.78, 5) is 41.3. The standard InChI is InChI=1S/C27H26N4O5/c1-4-30-25(32)16-24(31(27(30)34)17-19-7-5-18(2)6-8-19)29-20-9-11-21(12-10-20)36-22-13-14-28-23(15-22)26(33)35-3/h5-16,29H,4,17H2,1-3H3. The number of hydrogen-bond donors (Lipinski definition) is 1. The molecule has 0 aliphatic heterocycles. The third-order valence-corrected chi connectivity index (χ3v) is 5.54. The molecule has 0 saturated carbocycles. The van der Waals surface area contributed by atoms with Crippen molar-refractivity contribution in [2.75, 3.05) is 12.4 Å². The minimum Gasteiger partial charge on any atom is -0.464 e. The number of esters is 1. The lowest BCUT2D eigenvalue weighted by Gasteiger charge is -2.17. The van der Waals surface area contributed by atoms with Crippen molar-refractivity contribution in [3.05, 3.63) is 111 Å². The van der Waals surface area contributed by atoms with Crippen molar-refractivity contribution in [3.63, 3.8) is 0 Å². The van der Waals surface area contributed by atoms with Gasteiger partial charge in [-0.15, -0.1) is 0 Å². The number of hydrogen-bond acceptors (Lipinski definition) is 7. The number of carbonyl (C=O) groups excluding carboxylic acids is 1. The van der Waals surface area contributed by atoms with E-state index < -0.39 is 5.97 Å². The van der Waals surface area contributed by atoms with Crippen LogP contribution in [0.1, 0.15) is 28.5 Å². The number of methoxy groups -OCH3 is 1. The first-order valence-corrected chi connectivity index (χ1v) is 11.4. The first kappa shape index (κ1) is 24.5. The zero-order valence-corrected chi connectivity index (χ0v) is 20.2. The summed E-state index contributed by atoms with van der Waals surface area (Å²) < 4.78 is 13.2. The Morgan fingerprint density at radius 3 is 2.33 bits per heavy atom. The molecule has 0 aliphatic carbocycles. The van der Waals surface area contributed by atoms with Crippen molar-refractivity contribution in [1.82, 2.24) is 14.1 Å². The SMILES string of the molecule is CCn1c(=O)cc(Nc2ccc(Oc3ccnc(C(=O)OC)c3)cc2)n(Cc2ccc(C)cc2)c1=O. The van der Waals surface area contributed by atoms with Gasteiger partial charge in [-0.3, -0.25) is 13.9 Å². The van der Waals surface area contributed by atoms with Gasteiger partial charge in [0, 0.05) is 30.6 Å². The van der Waals surface area contributed by atoms with Gasteiger partial charge in [-0.1, -0.05) is 29.8 Å². The quantitative estimate of drug-likeness (QED) is 0.374. The smallest absolute Gasteiger partial charge is 0.356 e. The molecule has 2 aromatic heterocycles. The molecule has 0 saturated heterocycles. The molecular formula is C27H26N4O5. The van der Waals surface area contributed by atoms with Gasteiger partial charge in [-0.2, -0.15) is 0 Å². The molecule has 2 heterocycles. The molecule has 0 amide bonds. The second-order valence-corrected chi connectivity index (χ2v) is 8.09. The summed E-state index contributed by atoms with van der Waals surface area (Å²) in [6.45, 7) is 4.36. The minimum absolute atomic E-state index is 0.140. The van der Waals surface area contributed by atoms with Crippen molar-refractivity contribution >= 4 is 17.5 Å². The van der Waals surface area contributed by atoms with Gasteiger partial charge in [0.15, 0.2) is 5.69 Å². The van der Waals surface area contributed by atoms with Gasteiger partial charge in [0.05, 0.1) is 13.7 Å². The summed E-state index contributed by atoms with van der Waals surface area (Å²) in [6, 6.07) is 19.4. The van der Waals surface area contributed by atoms with E-state index >= 15 is 0 Å². The van der Waals surface area contributed by atoms with E-state index in [-0.39, 0.29) is 23.5 Å². The van der Waals surface area contributed by atoms with E-state index in [1.165, 1.54) is 30.0 Å². The summed E-state index contributed by atoms with van der Waals surface area (Å²) in [5.74, 6) is 0.796. The molecule has 0 bridgehead atoms. The number of nitrogens with one attached hydrogen (secondary N) is 1. The molecule has 0 fully saturated rings. The number of rotatable bonds is 8. The molecule has 184 valence electrons. The monoisotopic (exact) mass is 486 g/mol. The number of nitrogens with zero attached hydrogens (tertiary/aromatic N) is 3. The minimum atomic E-state index is -0.554. The van der Waals surface area contributed by atoms with Gasteiger partial charge < -0.3 is 14.8 Å². The van der Waals surface area contributed by atoms with Crippen LogP contribution < -0.4 is 21.3 Å². The highest BCUT2D eigenvalue weighted by Gasteiger charge is 2.12. The van der Waals surface area contributed by atoms with Crippen LogP contribution in [0, 0.1) is 6.92 Å². The van der Waals surface area contributed by atoms with Crippen LogP contribution in [0.5, 0.6) is 11.5 Å². The zero-order valence-electron chi connectivity index (χ0n) is 20.2. The fraction of sp³-hybridized carbons (Fsp3) is 0.185. The Hall–Kier alpha value is -4.66. The average Bonchev–Trinajstić information content (AvgIpc) is 2.88. The molecule has 1 N–H and O–H groups in total. The molecule has 0 unspecified atom stereocenters. The van der Waals surface area contributed by atoms with Crippen LogP contribution in [-0.2, 0) is 17.8 Å². The third kappa shape index (κ3) is 5.52. The maximum atomic E-state index is 13.1. The normalized spacial score (nSPS) is 10.6. The van der Waals surface area contributed by atoms with Gasteiger partial charge in [0.2, 0.25) is 0 Å². The number of aromatic nitrogens is 3. The zero-order chi connectivity index (χ0) is 25.7. The lowest BCUT2D eigenvalue weighted by atomic mass is 10.1. The van der Waals surface area contributed by atoms with E-state index in [1.807, 2.05) is 31.2 Å². The summed E-state index contributed by atoms with van der Waals surface area (Å²) in [5, 5.41) is 3.18. The fourth-order valence-electron chi connectivity index (χ4n) is 3.62. The Labute approximate surface area is 207 Å². The predicted octanol–water partition coefficient (Wildman–Crippen LogP) is 4.10. The van der Waals surface area contributed by atoms with E-state index in [0.717, 1.165) is 11.1 Å². The van der Waals surface area contributed by atoms with E-state index in [2.05, 4.69) is 15.0 Å². The van der Waals surface area contributed by atoms with Gasteiger partial charge >= 0.3 is 11.7 Å². The molecule has 0 spiro atoms. The van der Waals surface area contributed by atoms with Crippen LogP contribution in [-0.4, -0.2) is 27.2 Å². The van der Waals surface area contributed by atoms with Gasteiger partial charge in [-0.25, -0.2) is 14.6 Å². The van der Waals surface area contributed by atoms with E-state index in [4.69, 9.17) is 4.74 Å². The highest BCUT2D eigenvalue weighted by atomic mass is 16.5. The van der Waals surface area contributed by atoms with Crippen LogP contribution in [0.15, 0.2) is 82.5 Å². The van der Waals surface area contributed by atoms with Gasteiger partial charge in [-0.05, 0) is 49.7 Å². The molecular weight excluding hydrogens is 460 g/mol. The molecule has 4 rings (SSSR count). The van der Waals surface area contributed by atoms with E-state index in [9.17, 15) is 14.4 Å². The largest absolute Gasteiger partial charge is 0.464 e. The molecule has 0 radical (unpaired) electrons. The maximum Gasteiger partial charge on any atom is 0.356 e. The van der Waals surface area contributed by atoms with Crippen molar-refractivity contribution in [2.24, 2.45) is 0 Å². The third-order valence-electron chi connectivity index (χ3n) is 5.54. The number of benzene rings is 2. The molecule has 0 atom stereocenters. The first-order chi connectivity index (χ1) is 17.4. The summed E-state index contributed by atoms with van der Waals surface area (Å²) in [6.07, 6.45) is 1.46. The molecule has 2 aromatic carbocycles. The predicted molar refractivity (Wildman–Crippen MR) is 136 cm³/mol. The van der Waals surface area contributed by atoms with Crippen molar-refractivity contribution in [1.29, 1.82) is 0 Å². The Morgan fingerprint density at radius 1 is 0.944 bits per heavy atom. The summed E-state index contributed by atoms with van der Waals surface area (Å²) in [5.41, 5.74) is 2.12. The lowest BCUT2D eigenvalue weighted by Crippen LogP contribution is -2.40. The van der Waals surface area contributed by atoms with Crippen molar-refractivity contribution in [3.8, 4) is 11.5 Å². The average molecular weight is 487 g/mol. The Balaban J connectivity index is 1.58. The van der Waals surface area contributed by atoms with Crippen LogP contribution in [0.3, 0.4) is 0 Å². The van der Waals surface area contributed by atoms with Crippen LogP contribution >= 0.6 is 0 Å². The van der Waals surface area contributed by atoms with E-state index in [0.29, 0.717) is 29.5 Å². The second kappa shape index (κ2) is 10.7. The topological polar surface area (TPSA) is 104 Å². The van der Waals surface area contributed by atoms with Crippen LogP contribution in [0.4, 0.5) is 11.5 Å². The van der Waals surface area contributed by atoms with Crippen molar-refractivity contribution in [2.45, 2.75) is 26.9 Å². The van der Waals surface area contributed by atoms with E-state index in [1.54, 1.807) is 41.8 Å². The number of ether oxygens (including phenoxy) is 2. The fourth-order valence-corrected chi connectivity index (χ4v) is 3.62. The van der Waals surface area contributed by atoms with Crippen LogP contribution in [0.2, 0.25) is 0 Å². The number of anilines is 2. The molecule has 9 heteroatoms. The molecule has 9 nitrogen and oxygen atoms in total. The number of pyridine rings is 1. The maximum absolute atomic E-state index is 13.1. The molecule has 4 aromatic rings. The van der Waals surface area contributed by atoms with Crippen molar-refractivity contribution < 1.29 is 14.3 Å². The van der Waals surface area contributed by atoms with Crippen LogP contribution in [0.25, 0.3) is 0 Å². The Kier molecular flexibility index (Phi) is 7.29. The molecule has 36 heavy (non-hydrogen) atoms. The Morgan fingerprint density at radius 2 is 1.67 bits per heavy atom. The number of carbonyl (C=O) groups is 1. The Bertz CT molecular complexity index is 1490. The first-order valence-electron chi connectivity index (χ1n) is 11.4.